The van der Waals surface area contributed by atoms with Gasteiger partial charge in [-0.05, 0) is 48.8 Å². The lowest BCUT2D eigenvalue weighted by molar-refractivity contribution is 0.304. The van der Waals surface area contributed by atoms with Crippen molar-refractivity contribution in [2.24, 2.45) is 7.05 Å². The lowest BCUT2D eigenvalue weighted by Crippen LogP contribution is -2.38. The van der Waals surface area contributed by atoms with Crippen LogP contribution in [0.15, 0.2) is 34.0 Å². The first kappa shape index (κ1) is 22.3. The standard InChI is InChI=1S/C23H34N4O3S/c1-23(2,3)18-9-11-20(12-10-18)31(29,30)26-15-13-17(14-16-26)21-24-25(4)22(28)27(21)19-7-5-6-8-19/h9-12,17,19H,5-8,13-16H2,1-4H3. The molecule has 2 aromatic rings. The summed E-state index contributed by atoms with van der Waals surface area (Å²) in [5.41, 5.74) is 1.06. The molecule has 1 aliphatic heterocycles. The molecule has 0 spiro atoms. The highest BCUT2D eigenvalue weighted by Gasteiger charge is 2.34. The summed E-state index contributed by atoms with van der Waals surface area (Å²) < 4.78 is 31.3. The summed E-state index contributed by atoms with van der Waals surface area (Å²) in [6, 6.07) is 7.50. The summed E-state index contributed by atoms with van der Waals surface area (Å²) in [6.45, 7) is 7.24. The molecule has 2 aliphatic rings. The zero-order chi connectivity index (χ0) is 22.4. The lowest BCUT2D eigenvalue weighted by atomic mass is 9.87. The van der Waals surface area contributed by atoms with Crippen LogP contribution < -0.4 is 5.69 Å². The lowest BCUT2D eigenvalue weighted by Gasteiger charge is -2.31. The molecule has 1 aromatic carbocycles. The number of benzene rings is 1. The molecule has 1 aromatic heterocycles. The highest BCUT2D eigenvalue weighted by molar-refractivity contribution is 7.89. The largest absolute Gasteiger partial charge is 0.345 e. The fraction of sp³-hybridized carbons (Fsp3) is 0.652. The molecule has 1 aliphatic carbocycles. The summed E-state index contributed by atoms with van der Waals surface area (Å²) in [7, 11) is -1.81. The van der Waals surface area contributed by atoms with Crippen LogP contribution in [-0.2, 0) is 22.5 Å². The molecule has 4 rings (SSSR count). The van der Waals surface area contributed by atoms with E-state index in [1.165, 1.54) is 4.68 Å². The Kier molecular flexibility index (Phi) is 5.89. The second-order valence-corrected chi connectivity index (χ2v) is 12.0. The molecule has 7 nitrogen and oxygen atoms in total. The van der Waals surface area contributed by atoms with E-state index in [4.69, 9.17) is 0 Å². The van der Waals surface area contributed by atoms with Crippen LogP contribution in [0, 0.1) is 0 Å². The molecule has 2 heterocycles. The van der Waals surface area contributed by atoms with Crippen LogP contribution in [0.1, 0.15) is 82.6 Å². The van der Waals surface area contributed by atoms with Crippen molar-refractivity contribution < 1.29 is 8.42 Å². The van der Waals surface area contributed by atoms with Gasteiger partial charge in [-0.1, -0.05) is 45.7 Å². The predicted molar refractivity (Wildman–Crippen MR) is 121 cm³/mol. The zero-order valence-electron chi connectivity index (χ0n) is 19.0. The van der Waals surface area contributed by atoms with E-state index < -0.39 is 10.0 Å². The van der Waals surface area contributed by atoms with Gasteiger partial charge in [-0.2, -0.15) is 9.40 Å². The van der Waals surface area contributed by atoms with Crippen molar-refractivity contribution in [3.8, 4) is 0 Å². The van der Waals surface area contributed by atoms with Crippen molar-refractivity contribution in [3.05, 3.63) is 46.1 Å². The minimum Gasteiger partial charge on any atom is -0.276 e. The van der Waals surface area contributed by atoms with Crippen molar-refractivity contribution in [2.45, 2.75) is 81.6 Å². The minimum atomic E-state index is -3.52. The van der Waals surface area contributed by atoms with Crippen molar-refractivity contribution in [1.82, 2.24) is 18.7 Å². The normalized spacial score (nSPS) is 19.9. The van der Waals surface area contributed by atoms with Crippen LogP contribution >= 0.6 is 0 Å². The molecule has 0 N–H and O–H groups in total. The van der Waals surface area contributed by atoms with Gasteiger partial charge in [0.05, 0.1) is 4.90 Å². The van der Waals surface area contributed by atoms with Gasteiger partial charge in [0.15, 0.2) is 0 Å². The molecule has 8 heteroatoms. The van der Waals surface area contributed by atoms with Crippen molar-refractivity contribution in [2.75, 3.05) is 13.1 Å². The van der Waals surface area contributed by atoms with Gasteiger partial charge in [-0.25, -0.2) is 17.9 Å². The number of piperidine rings is 1. The smallest absolute Gasteiger partial charge is 0.276 e. The summed E-state index contributed by atoms with van der Waals surface area (Å²) in [6.07, 6.45) is 5.71. The van der Waals surface area contributed by atoms with Crippen molar-refractivity contribution >= 4 is 10.0 Å². The fourth-order valence-corrected chi connectivity index (χ4v) is 6.38. The topological polar surface area (TPSA) is 77.2 Å². The Hall–Kier alpha value is -1.93. The van der Waals surface area contributed by atoms with Crippen LogP contribution in [0.4, 0.5) is 0 Å². The van der Waals surface area contributed by atoms with Crippen LogP contribution in [0.25, 0.3) is 0 Å². The number of nitrogens with zero attached hydrogens (tertiary/aromatic N) is 4. The number of rotatable bonds is 4. The summed E-state index contributed by atoms with van der Waals surface area (Å²) in [4.78, 5) is 13.0. The van der Waals surface area contributed by atoms with Crippen LogP contribution in [0.5, 0.6) is 0 Å². The zero-order valence-corrected chi connectivity index (χ0v) is 19.9. The summed E-state index contributed by atoms with van der Waals surface area (Å²) in [5, 5.41) is 4.56. The van der Waals surface area contributed by atoms with E-state index >= 15 is 0 Å². The average Bonchev–Trinajstić information content (AvgIpc) is 3.36. The van der Waals surface area contributed by atoms with E-state index in [9.17, 15) is 13.2 Å². The Labute approximate surface area is 185 Å². The molecule has 2 fully saturated rings. The average molecular weight is 447 g/mol. The first-order valence-corrected chi connectivity index (χ1v) is 12.8. The van der Waals surface area contributed by atoms with E-state index in [0.29, 0.717) is 30.8 Å². The monoisotopic (exact) mass is 446 g/mol. The van der Waals surface area contributed by atoms with E-state index in [2.05, 4.69) is 25.9 Å². The Bertz CT molecular complexity index is 1080. The Morgan fingerprint density at radius 3 is 2.10 bits per heavy atom. The Morgan fingerprint density at radius 1 is 0.968 bits per heavy atom. The van der Waals surface area contributed by atoms with E-state index in [0.717, 1.165) is 37.1 Å². The molecule has 0 radical (unpaired) electrons. The number of aryl methyl sites for hydroxylation is 1. The van der Waals surface area contributed by atoms with E-state index in [1.807, 2.05) is 16.7 Å². The number of sulfonamides is 1. The van der Waals surface area contributed by atoms with Gasteiger partial charge in [0.1, 0.15) is 5.82 Å². The Morgan fingerprint density at radius 2 is 1.55 bits per heavy atom. The van der Waals surface area contributed by atoms with Gasteiger partial charge in [0.2, 0.25) is 10.0 Å². The summed E-state index contributed by atoms with van der Waals surface area (Å²) in [5.74, 6) is 0.954. The van der Waals surface area contributed by atoms with Gasteiger partial charge in [0, 0.05) is 32.1 Å². The highest BCUT2D eigenvalue weighted by atomic mass is 32.2. The second-order valence-electron chi connectivity index (χ2n) is 10.0. The van der Waals surface area contributed by atoms with Gasteiger partial charge in [-0.3, -0.25) is 4.57 Å². The van der Waals surface area contributed by atoms with Gasteiger partial charge >= 0.3 is 5.69 Å². The second kappa shape index (κ2) is 8.20. The molecule has 1 saturated heterocycles. The van der Waals surface area contributed by atoms with Crippen LogP contribution in [0.3, 0.4) is 0 Å². The molecule has 0 atom stereocenters. The van der Waals surface area contributed by atoms with E-state index in [-0.39, 0.29) is 23.1 Å². The third-order valence-corrected chi connectivity index (χ3v) is 8.76. The molecule has 1 saturated carbocycles. The first-order chi connectivity index (χ1) is 14.6. The molecule has 0 bridgehead atoms. The minimum absolute atomic E-state index is 0.0154. The molecular weight excluding hydrogens is 412 g/mol. The SMILES string of the molecule is Cn1nc(C2CCN(S(=O)(=O)c3ccc(C(C)(C)C)cc3)CC2)n(C2CCCC2)c1=O. The number of aromatic nitrogens is 3. The maximum atomic E-state index is 13.2. The Balaban J connectivity index is 1.50. The molecule has 170 valence electrons. The molecular formula is C23H34N4O3S. The quantitative estimate of drug-likeness (QED) is 0.719. The van der Waals surface area contributed by atoms with Crippen LogP contribution in [-0.4, -0.2) is 40.2 Å². The van der Waals surface area contributed by atoms with Crippen LogP contribution in [0.2, 0.25) is 0 Å². The van der Waals surface area contributed by atoms with Gasteiger partial charge in [0.25, 0.3) is 0 Å². The van der Waals surface area contributed by atoms with Crippen molar-refractivity contribution in [1.29, 1.82) is 0 Å². The van der Waals surface area contributed by atoms with Crippen molar-refractivity contribution in [3.63, 3.8) is 0 Å². The van der Waals surface area contributed by atoms with Gasteiger partial charge in [-0.15, -0.1) is 0 Å². The third kappa shape index (κ3) is 4.24. The maximum Gasteiger partial charge on any atom is 0.345 e. The highest BCUT2D eigenvalue weighted by Crippen LogP contribution is 2.34. The predicted octanol–water partition coefficient (Wildman–Crippen LogP) is 3.56. The molecule has 0 amide bonds. The number of hydrogen-bond acceptors (Lipinski definition) is 4. The van der Waals surface area contributed by atoms with E-state index in [1.54, 1.807) is 23.5 Å². The summed E-state index contributed by atoms with van der Waals surface area (Å²) >= 11 is 0. The third-order valence-electron chi connectivity index (χ3n) is 6.85. The maximum absolute atomic E-state index is 13.2. The van der Waals surface area contributed by atoms with Gasteiger partial charge < -0.3 is 0 Å². The molecule has 0 unspecified atom stereocenters. The first-order valence-electron chi connectivity index (χ1n) is 11.3. The fourth-order valence-electron chi connectivity index (χ4n) is 4.91. The number of hydrogen-bond donors (Lipinski definition) is 0. The molecule has 31 heavy (non-hydrogen) atoms.